The number of carbonyl (C=O) groups is 2. The first kappa shape index (κ1) is 18.1. The van der Waals surface area contributed by atoms with Crippen molar-refractivity contribution in [3.8, 4) is 0 Å². The van der Waals surface area contributed by atoms with Crippen molar-refractivity contribution in [2.45, 2.75) is 57.9 Å². The number of ether oxygens (including phenoxy) is 1. The monoisotopic (exact) mass is 343 g/mol. The lowest BCUT2D eigenvalue weighted by molar-refractivity contribution is -0.121. The van der Waals surface area contributed by atoms with Crippen molar-refractivity contribution in [2.75, 3.05) is 13.2 Å². The van der Waals surface area contributed by atoms with Crippen LogP contribution in [0.1, 0.15) is 61.4 Å². The van der Waals surface area contributed by atoms with Crippen LogP contribution in [-0.2, 0) is 16.0 Å². The highest BCUT2D eigenvalue weighted by molar-refractivity contribution is 5.90. The zero-order valence-electron chi connectivity index (χ0n) is 15.1. The molecule has 3 rings (SSSR count). The minimum Gasteiger partial charge on any atom is -0.462 e. The van der Waals surface area contributed by atoms with Crippen molar-refractivity contribution in [2.24, 2.45) is 11.8 Å². The summed E-state index contributed by atoms with van der Waals surface area (Å²) < 4.78 is 5.00. The Balaban J connectivity index is 1.60. The molecule has 0 aromatic heterocycles. The molecule has 1 aliphatic heterocycles. The van der Waals surface area contributed by atoms with E-state index in [0.29, 0.717) is 30.4 Å². The molecule has 0 bridgehead atoms. The number of rotatable bonds is 6. The molecule has 2 atom stereocenters. The fourth-order valence-corrected chi connectivity index (χ4v) is 4.43. The van der Waals surface area contributed by atoms with Crippen LogP contribution in [0.5, 0.6) is 0 Å². The number of ketones is 1. The molecular formula is C21H29NO3. The zero-order valence-corrected chi connectivity index (χ0v) is 15.1. The quantitative estimate of drug-likeness (QED) is 0.803. The van der Waals surface area contributed by atoms with Crippen LogP contribution >= 0.6 is 0 Å². The van der Waals surface area contributed by atoms with E-state index in [1.807, 2.05) is 12.1 Å². The van der Waals surface area contributed by atoms with Crippen molar-refractivity contribution in [3.05, 3.63) is 35.4 Å². The molecular weight excluding hydrogens is 314 g/mol. The molecule has 1 aliphatic carbocycles. The first-order valence-electron chi connectivity index (χ1n) is 9.71. The molecule has 1 saturated carbocycles. The first-order chi connectivity index (χ1) is 12.2. The number of Topliss-reactive ketones (excluding diaryl/α,β-unsaturated/α-hetero) is 1. The number of esters is 1. The van der Waals surface area contributed by atoms with Gasteiger partial charge in [-0.05, 0) is 49.4 Å². The molecule has 1 aromatic carbocycles. The predicted octanol–water partition coefficient (Wildman–Crippen LogP) is 3.53. The Morgan fingerprint density at radius 1 is 1.08 bits per heavy atom. The summed E-state index contributed by atoms with van der Waals surface area (Å²) in [7, 11) is 0. The van der Waals surface area contributed by atoms with Crippen LogP contribution < -0.4 is 5.32 Å². The Morgan fingerprint density at radius 3 is 2.48 bits per heavy atom. The summed E-state index contributed by atoms with van der Waals surface area (Å²) in [6.45, 7) is 3.12. The second-order valence-corrected chi connectivity index (χ2v) is 7.34. The predicted molar refractivity (Wildman–Crippen MR) is 97.6 cm³/mol. The molecule has 1 N–H and O–H groups in total. The van der Waals surface area contributed by atoms with Gasteiger partial charge in [0.2, 0.25) is 0 Å². The smallest absolute Gasteiger partial charge is 0.338 e. The van der Waals surface area contributed by atoms with E-state index in [2.05, 4.69) is 5.32 Å². The van der Waals surface area contributed by atoms with Gasteiger partial charge in [0.05, 0.1) is 18.2 Å². The van der Waals surface area contributed by atoms with Gasteiger partial charge in [0.25, 0.3) is 0 Å². The maximum absolute atomic E-state index is 12.8. The van der Waals surface area contributed by atoms with Gasteiger partial charge >= 0.3 is 5.97 Å². The molecule has 136 valence electrons. The summed E-state index contributed by atoms with van der Waals surface area (Å²) in [5.74, 6) is 1.20. The van der Waals surface area contributed by atoms with Gasteiger partial charge in [-0.2, -0.15) is 0 Å². The Labute approximate surface area is 150 Å². The van der Waals surface area contributed by atoms with E-state index >= 15 is 0 Å². The highest BCUT2D eigenvalue weighted by Gasteiger charge is 2.37. The van der Waals surface area contributed by atoms with Crippen LogP contribution in [0.15, 0.2) is 24.3 Å². The van der Waals surface area contributed by atoms with Gasteiger partial charge < -0.3 is 10.1 Å². The second kappa shape index (κ2) is 8.61. The van der Waals surface area contributed by atoms with E-state index in [1.54, 1.807) is 19.1 Å². The van der Waals surface area contributed by atoms with E-state index in [0.717, 1.165) is 18.5 Å². The highest BCUT2D eigenvalue weighted by Crippen LogP contribution is 2.36. The molecule has 0 amide bonds. The average Bonchev–Trinajstić information content (AvgIpc) is 3.13. The minimum absolute atomic E-state index is 0.00725. The number of benzene rings is 1. The topological polar surface area (TPSA) is 55.4 Å². The van der Waals surface area contributed by atoms with Gasteiger partial charge in [-0.15, -0.1) is 0 Å². The Bertz CT molecular complexity index is 590. The summed E-state index contributed by atoms with van der Waals surface area (Å²) in [5.41, 5.74) is 1.51. The Kier molecular flexibility index (Phi) is 6.24. The molecule has 1 aromatic rings. The van der Waals surface area contributed by atoms with Crippen molar-refractivity contribution in [1.82, 2.24) is 5.32 Å². The highest BCUT2D eigenvalue weighted by atomic mass is 16.5. The molecule has 4 heteroatoms. The van der Waals surface area contributed by atoms with Gasteiger partial charge in [-0.25, -0.2) is 4.79 Å². The number of hydrogen-bond acceptors (Lipinski definition) is 4. The van der Waals surface area contributed by atoms with E-state index in [-0.39, 0.29) is 17.8 Å². The lowest BCUT2D eigenvalue weighted by atomic mass is 9.75. The average molecular weight is 343 g/mol. The normalized spacial score (nSPS) is 24.2. The zero-order chi connectivity index (χ0) is 17.6. The lowest BCUT2D eigenvalue weighted by Crippen LogP contribution is -2.40. The third-order valence-corrected chi connectivity index (χ3v) is 5.72. The first-order valence-corrected chi connectivity index (χ1v) is 9.71. The maximum atomic E-state index is 12.8. The van der Waals surface area contributed by atoms with Crippen LogP contribution in [0.4, 0.5) is 0 Å². The fourth-order valence-electron chi connectivity index (χ4n) is 4.43. The van der Waals surface area contributed by atoms with Gasteiger partial charge in [0.1, 0.15) is 0 Å². The molecule has 0 unspecified atom stereocenters. The maximum Gasteiger partial charge on any atom is 0.338 e. The molecule has 1 saturated heterocycles. The van der Waals surface area contributed by atoms with Gasteiger partial charge in [0, 0.05) is 6.42 Å². The third kappa shape index (κ3) is 4.49. The number of hydrogen-bond donors (Lipinski definition) is 1. The summed E-state index contributed by atoms with van der Waals surface area (Å²) in [5, 5.41) is 3.45. The molecule has 2 fully saturated rings. The van der Waals surface area contributed by atoms with Gasteiger partial charge in [-0.3, -0.25) is 4.79 Å². The number of nitrogens with one attached hydrogen (secondary N) is 1. The molecule has 25 heavy (non-hydrogen) atoms. The minimum atomic E-state index is -0.310. The number of carbonyl (C=O) groups excluding carboxylic acids is 2. The van der Waals surface area contributed by atoms with Crippen LogP contribution in [0.3, 0.4) is 0 Å². The summed E-state index contributed by atoms with van der Waals surface area (Å²) >= 11 is 0. The Morgan fingerprint density at radius 2 is 1.80 bits per heavy atom. The lowest BCUT2D eigenvalue weighted by Gasteiger charge is -2.30. The molecule has 4 nitrogen and oxygen atoms in total. The molecule has 0 spiro atoms. The van der Waals surface area contributed by atoms with Gasteiger partial charge in [0.15, 0.2) is 5.78 Å². The summed E-state index contributed by atoms with van der Waals surface area (Å²) in [4.78, 5) is 24.5. The van der Waals surface area contributed by atoms with E-state index in [1.165, 1.54) is 32.1 Å². The standard InChI is InChI=1S/C21H29NO3/c1-2-25-21(24)17-10-8-15(9-11-17)14-19(23)20-18(12-13-22-20)16-6-4-3-5-7-16/h8-11,16,18,20,22H,2-7,12-14H2,1H3/t18-,20-/m0/s1. The van der Waals surface area contributed by atoms with Crippen LogP contribution in [0, 0.1) is 11.8 Å². The SMILES string of the molecule is CCOC(=O)c1ccc(CC(=O)[C@H]2NCC[C@H]2C2CCCCC2)cc1. The second-order valence-electron chi connectivity index (χ2n) is 7.34. The van der Waals surface area contributed by atoms with E-state index in [9.17, 15) is 9.59 Å². The van der Waals surface area contributed by atoms with E-state index in [4.69, 9.17) is 4.74 Å². The summed E-state index contributed by atoms with van der Waals surface area (Å²) in [6.07, 6.45) is 8.11. The molecule has 0 radical (unpaired) electrons. The van der Waals surface area contributed by atoms with Crippen molar-refractivity contribution in [3.63, 3.8) is 0 Å². The van der Waals surface area contributed by atoms with Gasteiger partial charge in [-0.1, -0.05) is 44.2 Å². The Hall–Kier alpha value is -1.68. The van der Waals surface area contributed by atoms with Crippen molar-refractivity contribution in [1.29, 1.82) is 0 Å². The third-order valence-electron chi connectivity index (χ3n) is 5.72. The largest absolute Gasteiger partial charge is 0.462 e. The van der Waals surface area contributed by atoms with Crippen LogP contribution in [0.2, 0.25) is 0 Å². The molecule has 2 aliphatic rings. The van der Waals surface area contributed by atoms with E-state index < -0.39 is 0 Å². The fraction of sp³-hybridized carbons (Fsp3) is 0.619. The van der Waals surface area contributed by atoms with Crippen LogP contribution in [0.25, 0.3) is 0 Å². The summed E-state index contributed by atoms with van der Waals surface area (Å²) in [6, 6.07) is 7.25. The van der Waals surface area contributed by atoms with Crippen LogP contribution in [-0.4, -0.2) is 30.9 Å². The molecule has 1 heterocycles. The van der Waals surface area contributed by atoms with Crippen molar-refractivity contribution < 1.29 is 14.3 Å². The van der Waals surface area contributed by atoms with Crippen molar-refractivity contribution >= 4 is 11.8 Å².